The molecule has 1 aliphatic rings. The normalized spacial score (nSPS) is 17.0. The number of hydrogen-bond donors (Lipinski definition) is 1. The van der Waals surface area contributed by atoms with Gasteiger partial charge in [0.25, 0.3) is 0 Å². The lowest BCUT2D eigenvalue weighted by Crippen LogP contribution is -2.45. The molecule has 0 amide bonds. The number of nitrogens with zero attached hydrogens (tertiary/aromatic N) is 1. The molecule has 1 N–H and O–H groups in total. The molecular weight excluding hydrogens is 348 g/mol. The Morgan fingerprint density at radius 1 is 1.13 bits per heavy atom. The molecule has 0 spiro atoms. The van der Waals surface area contributed by atoms with E-state index in [0.717, 1.165) is 45.4 Å². The number of hydrogen-bond acceptors (Lipinski definition) is 2. The van der Waals surface area contributed by atoms with Gasteiger partial charge < -0.3 is 5.32 Å². The Kier molecular flexibility index (Phi) is 10.2. The first-order chi connectivity index (χ1) is 10.0. The van der Waals surface area contributed by atoms with Crippen LogP contribution in [0.25, 0.3) is 0 Å². The maximum absolute atomic E-state index is 13.3. The van der Waals surface area contributed by atoms with Crippen molar-refractivity contribution in [3.8, 4) is 0 Å². The van der Waals surface area contributed by atoms with Crippen LogP contribution in [0.1, 0.15) is 43.4 Å². The average Bonchev–Trinajstić information content (AvgIpc) is 2.48. The number of nitrogens with one attached hydrogen (secondary N) is 1. The van der Waals surface area contributed by atoms with E-state index in [4.69, 9.17) is 0 Å². The van der Waals surface area contributed by atoms with Crippen molar-refractivity contribution in [1.82, 2.24) is 10.2 Å². The van der Waals surface area contributed by atoms with Crippen LogP contribution >= 0.6 is 24.8 Å². The van der Waals surface area contributed by atoms with Gasteiger partial charge in [0.05, 0.1) is 5.56 Å². The second-order valence-corrected chi connectivity index (χ2v) is 5.53. The molecule has 1 heterocycles. The molecule has 0 aromatic heterocycles. The third-order valence-electron chi connectivity index (χ3n) is 4.05. The second-order valence-electron chi connectivity index (χ2n) is 5.53. The fraction of sp³-hybridized carbons (Fsp3) is 0.625. The number of unbranched alkanes of at least 4 members (excludes halogenated alkanes) is 1. The lowest BCUT2D eigenvalue weighted by atomic mass is 9.94. The van der Waals surface area contributed by atoms with Crippen LogP contribution in [0, 0.1) is 0 Å². The Morgan fingerprint density at radius 2 is 1.74 bits per heavy atom. The molecule has 1 aliphatic heterocycles. The van der Waals surface area contributed by atoms with Crippen molar-refractivity contribution in [1.29, 1.82) is 0 Å². The maximum Gasteiger partial charge on any atom is 0.416 e. The summed E-state index contributed by atoms with van der Waals surface area (Å²) in [5.74, 6) is 0. The summed E-state index contributed by atoms with van der Waals surface area (Å²) >= 11 is 0. The monoisotopic (exact) mass is 372 g/mol. The van der Waals surface area contributed by atoms with Gasteiger partial charge in [0.2, 0.25) is 0 Å². The van der Waals surface area contributed by atoms with Gasteiger partial charge in [0.15, 0.2) is 0 Å². The molecule has 1 aromatic carbocycles. The summed E-state index contributed by atoms with van der Waals surface area (Å²) in [6.07, 6.45) is -1.56. The molecule has 0 bridgehead atoms. The molecule has 1 saturated heterocycles. The largest absolute Gasteiger partial charge is 0.416 e. The molecule has 0 aliphatic carbocycles. The molecule has 1 fully saturated rings. The summed E-state index contributed by atoms with van der Waals surface area (Å²) in [4.78, 5) is 2.19. The van der Waals surface area contributed by atoms with Gasteiger partial charge >= 0.3 is 6.18 Å². The molecular formula is C16H25Cl2F3N2. The summed E-state index contributed by atoms with van der Waals surface area (Å²) in [5, 5.41) is 3.26. The van der Waals surface area contributed by atoms with Crippen LogP contribution in [0.3, 0.4) is 0 Å². The quantitative estimate of drug-likeness (QED) is 0.806. The molecule has 0 saturated carbocycles. The van der Waals surface area contributed by atoms with Crippen molar-refractivity contribution >= 4 is 24.8 Å². The van der Waals surface area contributed by atoms with E-state index in [-0.39, 0.29) is 30.9 Å². The number of halogens is 5. The summed E-state index contributed by atoms with van der Waals surface area (Å²) in [7, 11) is 0. The van der Waals surface area contributed by atoms with Crippen LogP contribution in [0.4, 0.5) is 13.2 Å². The molecule has 1 aromatic rings. The SMILES string of the molecule is CCCC[C@H](c1ccccc1C(F)(F)F)N1CCNCC1.Cl.Cl. The number of rotatable bonds is 5. The first-order valence-electron chi connectivity index (χ1n) is 7.65. The highest BCUT2D eigenvalue weighted by Crippen LogP contribution is 2.38. The van der Waals surface area contributed by atoms with Gasteiger partial charge in [-0.3, -0.25) is 4.90 Å². The van der Waals surface area contributed by atoms with Crippen molar-refractivity contribution in [3.05, 3.63) is 35.4 Å². The second kappa shape index (κ2) is 10.4. The van der Waals surface area contributed by atoms with Gasteiger partial charge in [-0.25, -0.2) is 0 Å². The minimum absolute atomic E-state index is 0. The molecule has 134 valence electrons. The molecule has 2 nitrogen and oxygen atoms in total. The third-order valence-corrected chi connectivity index (χ3v) is 4.05. The van der Waals surface area contributed by atoms with Crippen molar-refractivity contribution < 1.29 is 13.2 Å². The fourth-order valence-corrected chi connectivity index (χ4v) is 2.97. The zero-order chi connectivity index (χ0) is 15.3. The predicted molar refractivity (Wildman–Crippen MR) is 92.6 cm³/mol. The van der Waals surface area contributed by atoms with Crippen LogP contribution in [-0.2, 0) is 6.18 Å². The van der Waals surface area contributed by atoms with Crippen LogP contribution < -0.4 is 5.32 Å². The number of benzene rings is 1. The zero-order valence-corrected chi connectivity index (χ0v) is 14.9. The maximum atomic E-state index is 13.3. The first kappa shape index (κ1) is 22.5. The average molecular weight is 373 g/mol. The van der Waals surface area contributed by atoms with E-state index in [1.165, 1.54) is 12.1 Å². The lowest BCUT2D eigenvalue weighted by Gasteiger charge is -2.36. The van der Waals surface area contributed by atoms with Crippen LogP contribution in [0.15, 0.2) is 24.3 Å². The highest BCUT2D eigenvalue weighted by atomic mass is 35.5. The minimum Gasteiger partial charge on any atom is -0.314 e. The molecule has 2 rings (SSSR count). The highest BCUT2D eigenvalue weighted by Gasteiger charge is 2.36. The summed E-state index contributed by atoms with van der Waals surface area (Å²) < 4.78 is 39.8. The van der Waals surface area contributed by atoms with Crippen molar-refractivity contribution in [3.63, 3.8) is 0 Å². The van der Waals surface area contributed by atoms with Gasteiger partial charge in [0, 0.05) is 32.2 Å². The highest BCUT2D eigenvalue weighted by molar-refractivity contribution is 5.85. The Morgan fingerprint density at radius 3 is 2.30 bits per heavy atom. The van der Waals surface area contributed by atoms with Gasteiger partial charge in [-0.05, 0) is 18.1 Å². The van der Waals surface area contributed by atoms with E-state index < -0.39 is 11.7 Å². The third kappa shape index (κ3) is 6.14. The molecule has 0 unspecified atom stereocenters. The topological polar surface area (TPSA) is 15.3 Å². The Labute approximate surface area is 148 Å². The zero-order valence-electron chi connectivity index (χ0n) is 13.2. The van der Waals surface area contributed by atoms with E-state index >= 15 is 0 Å². The molecule has 23 heavy (non-hydrogen) atoms. The molecule has 1 atom stereocenters. The van der Waals surface area contributed by atoms with Crippen LogP contribution in [0.5, 0.6) is 0 Å². The van der Waals surface area contributed by atoms with E-state index in [9.17, 15) is 13.2 Å². The fourth-order valence-electron chi connectivity index (χ4n) is 2.97. The van der Waals surface area contributed by atoms with E-state index in [0.29, 0.717) is 5.56 Å². The van der Waals surface area contributed by atoms with Crippen molar-refractivity contribution in [2.45, 2.75) is 38.4 Å². The van der Waals surface area contributed by atoms with Crippen molar-refractivity contribution in [2.75, 3.05) is 26.2 Å². The minimum atomic E-state index is -4.28. The molecule has 7 heteroatoms. The Balaban J connectivity index is 0.00000242. The standard InChI is InChI=1S/C16H23F3N2.2ClH/c1-2-3-8-15(21-11-9-20-10-12-21)13-6-4-5-7-14(13)16(17,18)19;;/h4-7,15,20H,2-3,8-12H2,1H3;2*1H/t15-;;/m1../s1. The van der Waals surface area contributed by atoms with Gasteiger partial charge in [-0.2, -0.15) is 13.2 Å². The van der Waals surface area contributed by atoms with Gasteiger partial charge in [0.1, 0.15) is 0 Å². The van der Waals surface area contributed by atoms with Crippen molar-refractivity contribution in [2.24, 2.45) is 0 Å². The Bertz CT molecular complexity index is 449. The van der Waals surface area contributed by atoms with E-state index in [1.807, 2.05) is 0 Å². The van der Waals surface area contributed by atoms with Crippen LogP contribution in [0.2, 0.25) is 0 Å². The predicted octanol–water partition coefficient (Wildman–Crippen LogP) is 4.69. The van der Waals surface area contributed by atoms with E-state index in [1.54, 1.807) is 12.1 Å². The molecule has 0 radical (unpaired) electrons. The Hall–Kier alpha value is -0.490. The van der Waals surface area contributed by atoms with Gasteiger partial charge in [-0.15, -0.1) is 24.8 Å². The summed E-state index contributed by atoms with van der Waals surface area (Å²) in [5.41, 5.74) is -0.0509. The number of piperazine rings is 1. The first-order valence-corrected chi connectivity index (χ1v) is 7.65. The number of alkyl halides is 3. The summed E-state index contributed by atoms with van der Waals surface area (Å²) in [6.45, 7) is 5.37. The summed E-state index contributed by atoms with van der Waals surface area (Å²) in [6, 6.07) is 5.90. The van der Waals surface area contributed by atoms with Crippen LogP contribution in [-0.4, -0.2) is 31.1 Å². The van der Waals surface area contributed by atoms with Gasteiger partial charge in [-0.1, -0.05) is 38.0 Å². The lowest BCUT2D eigenvalue weighted by molar-refractivity contribution is -0.138. The smallest absolute Gasteiger partial charge is 0.314 e. The van der Waals surface area contributed by atoms with E-state index in [2.05, 4.69) is 17.1 Å².